The van der Waals surface area contributed by atoms with E-state index in [1.807, 2.05) is 31.2 Å². The molecular formula is C13H19N3O. The molecule has 17 heavy (non-hydrogen) atoms. The van der Waals surface area contributed by atoms with Gasteiger partial charge in [0.25, 0.3) is 0 Å². The molecule has 1 heterocycles. The number of aryl methyl sites for hydroxylation is 1. The van der Waals surface area contributed by atoms with Crippen molar-refractivity contribution < 1.29 is 5.11 Å². The number of hydrogen-bond donors (Lipinski definition) is 2. The van der Waals surface area contributed by atoms with Crippen LogP contribution in [0.4, 0.5) is 0 Å². The molecule has 2 atom stereocenters. The van der Waals surface area contributed by atoms with Crippen LogP contribution in [0.15, 0.2) is 24.3 Å². The van der Waals surface area contributed by atoms with Gasteiger partial charge in [0.05, 0.1) is 23.7 Å². The summed E-state index contributed by atoms with van der Waals surface area (Å²) in [5.41, 5.74) is 7.95. The quantitative estimate of drug-likeness (QED) is 0.840. The zero-order chi connectivity index (χ0) is 12.4. The summed E-state index contributed by atoms with van der Waals surface area (Å²) in [6, 6.07) is 7.74. The number of benzene rings is 1. The van der Waals surface area contributed by atoms with Crippen LogP contribution in [0.3, 0.4) is 0 Å². The summed E-state index contributed by atoms with van der Waals surface area (Å²) in [6.07, 6.45) is 0.831. The van der Waals surface area contributed by atoms with Gasteiger partial charge in [-0.1, -0.05) is 19.1 Å². The van der Waals surface area contributed by atoms with Crippen molar-refractivity contribution in [2.75, 3.05) is 6.61 Å². The van der Waals surface area contributed by atoms with Gasteiger partial charge in [-0.2, -0.15) is 0 Å². The van der Waals surface area contributed by atoms with E-state index < -0.39 is 0 Å². The lowest BCUT2D eigenvalue weighted by atomic mass is 10.1. The molecule has 0 aliphatic carbocycles. The predicted molar refractivity (Wildman–Crippen MR) is 68.9 cm³/mol. The highest BCUT2D eigenvalue weighted by molar-refractivity contribution is 5.76. The number of para-hydroxylation sites is 2. The van der Waals surface area contributed by atoms with Gasteiger partial charge >= 0.3 is 0 Å². The lowest BCUT2D eigenvalue weighted by Crippen LogP contribution is -2.32. The number of nitrogens with zero attached hydrogens (tertiary/aromatic N) is 2. The molecule has 0 aliphatic heterocycles. The Balaban J connectivity index is 2.64. The fraction of sp³-hybridized carbons (Fsp3) is 0.462. The molecule has 3 N–H and O–H groups in total. The Labute approximate surface area is 101 Å². The van der Waals surface area contributed by atoms with E-state index >= 15 is 0 Å². The number of nitrogens with two attached hydrogens (primary N) is 1. The van der Waals surface area contributed by atoms with Crippen molar-refractivity contribution in [2.45, 2.75) is 32.4 Å². The Morgan fingerprint density at radius 1 is 1.41 bits per heavy atom. The third-order valence-electron chi connectivity index (χ3n) is 3.11. The van der Waals surface area contributed by atoms with Crippen LogP contribution >= 0.6 is 0 Å². The van der Waals surface area contributed by atoms with Gasteiger partial charge < -0.3 is 15.4 Å². The largest absolute Gasteiger partial charge is 0.394 e. The highest BCUT2D eigenvalue weighted by atomic mass is 16.3. The van der Waals surface area contributed by atoms with Gasteiger partial charge in [-0.15, -0.1) is 0 Å². The first-order valence-corrected chi connectivity index (χ1v) is 6.01. The first-order valence-electron chi connectivity index (χ1n) is 6.01. The lowest BCUT2D eigenvalue weighted by Gasteiger charge is -2.22. The van der Waals surface area contributed by atoms with Crippen molar-refractivity contribution in [1.82, 2.24) is 9.55 Å². The Morgan fingerprint density at radius 2 is 2.12 bits per heavy atom. The molecule has 0 fully saturated rings. The smallest absolute Gasteiger partial charge is 0.109 e. The summed E-state index contributed by atoms with van der Waals surface area (Å²) < 4.78 is 2.07. The summed E-state index contributed by atoms with van der Waals surface area (Å²) in [5, 5.41) is 9.52. The molecule has 0 bridgehead atoms. The number of aliphatic hydroxyl groups is 1. The maximum atomic E-state index is 9.52. The van der Waals surface area contributed by atoms with Crippen LogP contribution in [0.5, 0.6) is 0 Å². The predicted octanol–water partition coefficient (Wildman–Crippen LogP) is 1.48. The third-order valence-corrected chi connectivity index (χ3v) is 3.11. The summed E-state index contributed by atoms with van der Waals surface area (Å²) >= 11 is 0. The Bertz CT molecular complexity index is 504. The molecule has 0 aliphatic rings. The van der Waals surface area contributed by atoms with Crippen molar-refractivity contribution in [2.24, 2.45) is 5.73 Å². The summed E-state index contributed by atoms with van der Waals surface area (Å²) in [6.45, 7) is 4.01. The maximum absolute atomic E-state index is 9.52. The number of imidazole rings is 1. The van der Waals surface area contributed by atoms with Crippen molar-refractivity contribution in [3.63, 3.8) is 0 Å². The van der Waals surface area contributed by atoms with Crippen molar-refractivity contribution in [3.05, 3.63) is 30.1 Å². The SMILES string of the molecule is CCc1nc2ccccc2n1C(CO)C(C)N. The first kappa shape index (κ1) is 12.1. The normalized spacial score (nSPS) is 15.1. The van der Waals surface area contributed by atoms with E-state index in [1.54, 1.807) is 0 Å². The van der Waals surface area contributed by atoms with Gasteiger partial charge in [0, 0.05) is 12.5 Å². The van der Waals surface area contributed by atoms with Gasteiger partial charge in [-0.25, -0.2) is 4.98 Å². The highest BCUT2D eigenvalue weighted by Gasteiger charge is 2.20. The average molecular weight is 233 g/mol. The van der Waals surface area contributed by atoms with E-state index in [9.17, 15) is 5.11 Å². The van der Waals surface area contributed by atoms with Crippen LogP contribution < -0.4 is 5.73 Å². The second kappa shape index (κ2) is 4.85. The fourth-order valence-electron chi connectivity index (χ4n) is 2.20. The van der Waals surface area contributed by atoms with Crippen LogP contribution in [0.2, 0.25) is 0 Å². The summed E-state index contributed by atoms with van der Waals surface area (Å²) in [7, 11) is 0. The molecule has 2 aromatic rings. The molecule has 0 radical (unpaired) electrons. The van der Waals surface area contributed by atoms with Crippen LogP contribution in [0.1, 0.15) is 25.7 Å². The molecule has 2 unspecified atom stereocenters. The number of fused-ring (bicyclic) bond motifs is 1. The number of aliphatic hydroxyl groups excluding tert-OH is 1. The van der Waals surface area contributed by atoms with Gasteiger partial charge in [-0.05, 0) is 19.1 Å². The van der Waals surface area contributed by atoms with Crippen LogP contribution in [0.25, 0.3) is 11.0 Å². The minimum atomic E-state index is -0.114. The molecule has 0 amide bonds. The van der Waals surface area contributed by atoms with E-state index in [0.717, 1.165) is 23.3 Å². The van der Waals surface area contributed by atoms with Gasteiger partial charge in [0.2, 0.25) is 0 Å². The summed E-state index contributed by atoms with van der Waals surface area (Å²) in [4.78, 5) is 4.58. The Hall–Kier alpha value is -1.39. The summed E-state index contributed by atoms with van der Waals surface area (Å²) in [5.74, 6) is 0.975. The monoisotopic (exact) mass is 233 g/mol. The highest BCUT2D eigenvalue weighted by Crippen LogP contribution is 2.22. The molecule has 92 valence electrons. The van der Waals surface area contributed by atoms with Crippen LogP contribution in [-0.2, 0) is 6.42 Å². The van der Waals surface area contributed by atoms with Crippen molar-refractivity contribution in [3.8, 4) is 0 Å². The second-order valence-corrected chi connectivity index (χ2v) is 4.35. The first-order chi connectivity index (χ1) is 8.19. The van der Waals surface area contributed by atoms with E-state index in [0.29, 0.717) is 0 Å². The second-order valence-electron chi connectivity index (χ2n) is 4.35. The minimum absolute atomic E-state index is 0.0328. The van der Waals surface area contributed by atoms with Crippen LogP contribution in [-0.4, -0.2) is 27.3 Å². The molecule has 4 heteroatoms. The zero-order valence-corrected chi connectivity index (χ0v) is 10.3. The van der Waals surface area contributed by atoms with Crippen molar-refractivity contribution >= 4 is 11.0 Å². The molecule has 4 nitrogen and oxygen atoms in total. The maximum Gasteiger partial charge on any atom is 0.109 e. The molecule has 2 rings (SSSR count). The fourth-order valence-corrected chi connectivity index (χ4v) is 2.20. The Kier molecular flexibility index (Phi) is 3.45. The Morgan fingerprint density at radius 3 is 2.71 bits per heavy atom. The van der Waals surface area contributed by atoms with E-state index in [1.165, 1.54) is 0 Å². The van der Waals surface area contributed by atoms with Crippen LogP contribution in [0, 0.1) is 0 Å². The molecule has 0 saturated carbocycles. The molecule has 0 spiro atoms. The number of aromatic nitrogens is 2. The topological polar surface area (TPSA) is 64.1 Å². The molecule has 0 saturated heterocycles. The standard InChI is InChI=1S/C13H19N3O/c1-3-13-15-10-6-4-5-7-11(10)16(13)12(8-17)9(2)14/h4-7,9,12,17H,3,8,14H2,1-2H3. The van der Waals surface area contributed by atoms with Gasteiger partial charge in [0.15, 0.2) is 0 Å². The van der Waals surface area contributed by atoms with Gasteiger partial charge in [0.1, 0.15) is 5.82 Å². The number of rotatable bonds is 4. The minimum Gasteiger partial charge on any atom is -0.394 e. The molecule has 1 aromatic heterocycles. The van der Waals surface area contributed by atoms with E-state index in [2.05, 4.69) is 16.5 Å². The molecule has 1 aromatic carbocycles. The van der Waals surface area contributed by atoms with E-state index in [-0.39, 0.29) is 18.7 Å². The third kappa shape index (κ3) is 2.06. The van der Waals surface area contributed by atoms with Crippen molar-refractivity contribution in [1.29, 1.82) is 0 Å². The average Bonchev–Trinajstić information content (AvgIpc) is 2.69. The molecular weight excluding hydrogens is 214 g/mol. The lowest BCUT2D eigenvalue weighted by molar-refractivity contribution is 0.211. The van der Waals surface area contributed by atoms with Gasteiger partial charge in [-0.3, -0.25) is 0 Å². The number of hydrogen-bond acceptors (Lipinski definition) is 3. The zero-order valence-electron chi connectivity index (χ0n) is 10.3. The van der Waals surface area contributed by atoms with E-state index in [4.69, 9.17) is 5.73 Å².